The zero-order chi connectivity index (χ0) is 8.55. The molecule has 4 N–H and O–H groups in total. The normalized spacial score (nSPS) is 10.4. The van der Waals surface area contributed by atoms with E-state index < -0.39 is 0 Å². The second-order valence-electron chi connectivity index (χ2n) is 2.28. The molecule has 0 fully saturated rings. The van der Waals surface area contributed by atoms with Crippen LogP contribution in [0.2, 0.25) is 0 Å². The van der Waals surface area contributed by atoms with Crippen LogP contribution in [-0.2, 0) is 0 Å². The molecule has 2 rings (SSSR count). The Kier molecular flexibility index (Phi) is 1.34. The van der Waals surface area contributed by atoms with Crippen LogP contribution < -0.4 is 16.9 Å². The molecule has 0 aliphatic carbocycles. The fourth-order valence-corrected chi connectivity index (χ4v) is 1.06. The number of pyridine rings is 1. The first-order valence-corrected chi connectivity index (χ1v) is 3.34. The molecule has 0 aliphatic rings. The lowest BCUT2D eigenvalue weighted by atomic mass is 10.4. The Morgan fingerprint density at radius 2 is 2.50 bits per heavy atom. The Hall–Kier alpha value is -1.82. The number of H-pyrrole nitrogens is 1. The molecule has 0 saturated heterocycles. The van der Waals surface area contributed by atoms with Crippen molar-refractivity contribution >= 4 is 11.0 Å². The fourth-order valence-electron chi connectivity index (χ4n) is 1.06. The predicted octanol–water partition coefficient (Wildman–Crippen LogP) is -0.858. The quantitative estimate of drug-likeness (QED) is 0.379. The lowest BCUT2D eigenvalue weighted by Gasteiger charge is -1.98. The van der Waals surface area contributed by atoms with Gasteiger partial charge in [-0.25, -0.2) is 15.5 Å². The minimum absolute atomic E-state index is 0.221. The number of nitrogens with two attached hydrogens (primary N) is 1. The summed E-state index contributed by atoms with van der Waals surface area (Å²) in [5.41, 5.74) is 3.18. The third-order valence-corrected chi connectivity index (χ3v) is 1.61. The number of nitrogen functional groups attached to an aromatic ring is 1. The summed E-state index contributed by atoms with van der Waals surface area (Å²) in [6.07, 6.45) is 2.99. The Morgan fingerprint density at radius 3 is 3.25 bits per heavy atom. The highest BCUT2D eigenvalue weighted by Crippen LogP contribution is 2.03. The van der Waals surface area contributed by atoms with E-state index in [9.17, 15) is 4.79 Å². The zero-order valence-corrected chi connectivity index (χ0v) is 6.11. The summed E-state index contributed by atoms with van der Waals surface area (Å²) in [6.45, 7) is 0. The molecular formula is C6H7N5O. The average Bonchev–Trinajstić information content (AvgIpc) is 2.49. The van der Waals surface area contributed by atoms with Gasteiger partial charge >= 0.3 is 0 Å². The monoisotopic (exact) mass is 165 g/mol. The van der Waals surface area contributed by atoms with Crippen LogP contribution in [0.5, 0.6) is 0 Å². The van der Waals surface area contributed by atoms with Crippen LogP contribution in [0.4, 0.5) is 0 Å². The molecule has 2 aromatic heterocycles. The van der Waals surface area contributed by atoms with Crippen molar-refractivity contribution in [1.29, 1.82) is 0 Å². The third kappa shape index (κ3) is 0.785. The minimum atomic E-state index is -0.221. The molecule has 0 aromatic carbocycles. The maximum absolute atomic E-state index is 11.1. The Balaban J connectivity index is 2.89. The van der Waals surface area contributed by atoms with Crippen LogP contribution in [0, 0.1) is 0 Å². The topological polar surface area (TPSA) is 88.7 Å². The molecule has 12 heavy (non-hydrogen) atoms. The second-order valence-corrected chi connectivity index (χ2v) is 2.28. The van der Waals surface area contributed by atoms with E-state index in [2.05, 4.69) is 15.5 Å². The summed E-state index contributed by atoms with van der Waals surface area (Å²) in [5.74, 6) is 5.17. The van der Waals surface area contributed by atoms with Crippen LogP contribution in [0.15, 0.2) is 23.4 Å². The largest absolute Gasteiger partial charge is 0.327 e. The lowest BCUT2D eigenvalue weighted by molar-refractivity contribution is 0.907. The van der Waals surface area contributed by atoms with E-state index in [-0.39, 0.29) is 5.56 Å². The molecule has 0 amide bonds. The highest BCUT2D eigenvalue weighted by Gasteiger charge is 2.02. The van der Waals surface area contributed by atoms with Crippen LogP contribution in [0.1, 0.15) is 0 Å². The van der Waals surface area contributed by atoms with Crippen molar-refractivity contribution in [1.82, 2.24) is 14.6 Å². The lowest BCUT2D eigenvalue weighted by Crippen LogP contribution is -2.20. The van der Waals surface area contributed by atoms with Gasteiger partial charge in [0, 0.05) is 6.20 Å². The minimum Gasteiger partial charge on any atom is -0.327 e. The first kappa shape index (κ1) is 6.86. The fraction of sp³-hybridized carbons (Fsp3) is 0. The highest BCUT2D eigenvalue weighted by molar-refractivity contribution is 5.73. The Labute approximate surface area is 67.0 Å². The SMILES string of the molecule is NNn1cnc2c(=O)[nH]ccc21. The summed E-state index contributed by atoms with van der Waals surface area (Å²) in [4.78, 5) is 17.5. The molecule has 0 bridgehead atoms. The van der Waals surface area contributed by atoms with Crippen LogP contribution >= 0.6 is 0 Å². The van der Waals surface area contributed by atoms with Gasteiger partial charge in [-0.15, -0.1) is 0 Å². The van der Waals surface area contributed by atoms with Crippen molar-refractivity contribution in [2.45, 2.75) is 0 Å². The molecule has 0 saturated carbocycles. The van der Waals surface area contributed by atoms with Gasteiger partial charge < -0.3 is 4.98 Å². The van der Waals surface area contributed by atoms with Gasteiger partial charge in [-0.3, -0.25) is 10.3 Å². The number of rotatable bonds is 1. The second kappa shape index (κ2) is 2.35. The first-order valence-electron chi connectivity index (χ1n) is 3.34. The van der Waals surface area contributed by atoms with E-state index in [4.69, 9.17) is 5.84 Å². The number of hydrogen-bond donors (Lipinski definition) is 3. The predicted molar refractivity (Wildman–Crippen MR) is 43.9 cm³/mol. The third-order valence-electron chi connectivity index (χ3n) is 1.61. The smallest absolute Gasteiger partial charge is 0.276 e. The van der Waals surface area contributed by atoms with Crippen molar-refractivity contribution < 1.29 is 0 Å². The molecule has 6 nitrogen and oxygen atoms in total. The van der Waals surface area contributed by atoms with Crippen molar-refractivity contribution in [2.24, 2.45) is 5.84 Å². The van der Waals surface area contributed by atoms with Gasteiger partial charge in [0.05, 0.1) is 5.52 Å². The van der Waals surface area contributed by atoms with E-state index in [1.807, 2.05) is 0 Å². The number of fused-ring (bicyclic) bond motifs is 1. The van der Waals surface area contributed by atoms with Gasteiger partial charge in [0.1, 0.15) is 6.33 Å². The molecule has 0 spiro atoms. The number of nitrogens with zero attached hydrogens (tertiary/aromatic N) is 2. The highest BCUT2D eigenvalue weighted by atomic mass is 16.1. The van der Waals surface area contributed by atoms with Gasteiger partial charge in [0.2, 0.25) is 0 Å². The summed E-state index contributed by atoms with van der Waals surface area (Å²) in [7, 11) is 0. The molecule has 2 aromatic rings. The summed E-state index contributed by atoms with van der Waals surface area (Å²) >= 11 is 0. The molecule has 0 unspecified atom stereocenters. The number of hydrogen-bond acceptors (Lipinski definition) is 4. The van der Waals surface area contributed by atoms with Gasteiger partial charge in [-0.2, -0.15) is 0 Å². The number of aromatic amines is 1. The van der Waals surface area contributed by atoms with Crippen molar-refractivity contribution in [2.75, 3.05) is 5.53 Å². The van der Waals surface area contributed by atoms with Gasteiger partial charge in [-0.05, 0) is 6.07 Å². The van der Waals surface area contributed by atoms with Crippen molar-refractivity contribution in [3.63, 3.8) is 0 Å². The Bertz CT molecular complexity index is 456. The van der Waals surface area contributed by atoms with Crippen molar-refractivity contribution in [3.8, 4) is 0 Å². The van der Waals surface area contributed by atoms with Crippen molar-refractivity contribution in [3.05, 3.63) is 28.9 Å². The standard InChI is InChI=1S/C6H7N5O/c7-10-11-3-9-5-4(11)1-2-8-6(5)12/h1-3,10H,7H2,(H,8,12). The summed E-state index contributed by atoms with van der Waals surface area (Å²) in [6, 6.07) is 1.71. The maximum atomic E-state index is 11.1. The number of nitrogens with one attached hydrogen (secondary N) is 2. The zero-order valence-electron chi connectivity index (χ0n) is 6.11. The van der Waals surface area contributed by atoms with E-state index >= 15 is 0 Å². The summed E-state index contributed by atoms with van der Waals surface area (Å²) in [5, 5.41) is 0. The van der Waals surface area contributed by atoms with Gasteiger partial charge in [0.25, 0.3) is 5.56 Å². The van der Waals surface area contributed by atoms with E-state index in [0.717, 1.165) is 0 Å². The molecule has 0 aliphatic heterocycles. The van der Waals surface area contributed by atoms with E-state index in [1.165, 1.54) is 11.0 Å². The van der Waals surface area contributed by atoms with E-state index in [1.54, 1.807) is 12.3 Å². The molecular weight excluding hydrogens is 158 g/mol. The molecule has 6 heteroatoms. The maximum Gasteiger partial charge on any atom is 0.276 e. The first-order chi connectivity index (χ1) is 5.83. The van der Waals surface area contributed by atoms with Crippen LogP contribution in [-0.4, -0.2) is 14.6 Å². The molecule has 62 valence electrons. The number of imidazole rings is 1. The van der Waals surface area contributed by atoms with Gasteiger partial charge in [-0.1, -0.05) is 0 Å². The molecule has 2 heterocycles. The molecule has 0 radical (unpaired) electrons. The molecule has 0 atom stereocenters. The van der Waals surface area contributed by atoms with Gasteiger partial charge in [0.15, 0.2) is 5.52 Å². The Morgan fingerprint density at radius 1 is 1.67 bits per heavy atom. The van der Waals surface area contributed by atoms with Crippen LogP contribution in [0.3, 0.4) is 0 Å². The number of hydrazine groups is 1. The number of aromatic nitrogens is 3. The summed E-state index contributed by atoms with van der Waals surface area (Å²) < 4.78 is 1.46. The van der Waals surface area contributed by atoms with E-state index in [0.29, 0.717) is 11.0 Å². The average molecular weight is 165 g/mol. The van der Waals surface area contributed by atoms with Crippen LogP contribution in [0.25, 0.3) is 11.0 Å².